The number of hydrogen-bond acceptors (Lipinski definition) is 4. The molecule has 4 rings (SSSR count). The van der Waals surface area contributed by atoms with Gasteiger partial charge in [-0.15, -0.1) is 0 Å². The molecule has 1 aliphatic heterocycles. The summed E-state index contributed by atoms with van der Waals surface area (Å²) in [6.07, 6.45) is 4.90. The number of halogens is 2. The van der Waals surface area contributed by atoms with Crippen LogP contribution in [0.3, 0.4) is 0 Å². The molecule has 2 amide bonds. The number of rotatable bonds is 7. The van der Waals surface area contributed by atoms with Gasteiger partial charge in [0.15, 0.2) is 11.5 Å². The van der Waals surface area contributed by atoms with Gasteiger partial charge in [-0.2, -0.15) is 0 Å². The SMILES string of the molecule is COc1ccc(C2CC(=O)N(CC(=O)Nc3ccc(Cl)cc3F)C2)cc1OC1CCCC1. The molecule has 2 aliphatic rings. The van der Waals surface area contributed by atoms with Gasteiger partial charge in [0.25, 0.3) is 0 Å². The van der Waals surface area contributed by atoms with Crippen LogP contribution in [0.15, 0.2) is 36.4 Å². The van der Waals surface area contributed by atoms with Crippen LogP contribution in [0.4, 0.5) is 10.1 Å². The lowest BCUT2D eigenvalue weighted by atomic mass is 9.98. The summed E-state index contributed by atoms with van der Waals surface area (Å²) in [5.41, 5.74) is 1.00. The highest BCUT2D eigenvalue weighted by Crippen LogP contribution is 2.37. The molecule has 2 fully saturated rings. The first-order valence-electron chi connectivity index (χ1n) is 10.8. The number of anilines is 1. The lowest BCUT2D eigenvalue weighted by Gasteiger charge is -2.19. The van der Waals surface area contributed by atoms with Gasteiger partial charge in [-0.1, -0.05) is 17.7 Å². The maximum Gasteiger partial charge on any atom is 0.244 e. The molecule has 0 bridgehead atoms. The molecule has 2 aromatic rings. The number of likely N-dealkylation sites (tertiary alicyclic amines) is 1. The topological polar surface area (TPSA) is 67.9 Å². The standard InChI is InChI=1S/C24H26ClFN2O4/c1-31-21-9-6-15(10-22(21)32-18-4-2-3-5-18)16-11-24(30)28(13-16)14-23(29)27-20-8-7-17(25)12-19(20)26/h6-10,12,16,18H,2-5,11,13-14H2,1H3,(H,27,29). The fourth-order valence-electron chi connectivity index (χ4n) is 4.33. The Morgan fingerprint density at radius 3 is 2.69 bits per heavy atom. The summed E-state index contributed by atoms with van der Waals surface area (Å²) < 4.78 is 25.5. The van der Waals surface area contributed by atoms with E-state index in [1.165, 1.54) is 29.9 Å². The molecular weight excluding hydrogens is 435 g/mol. The molecule has 1 saturated heterocycles. The van der Waals surface area contributed by atoms with E-state index in [1.54, 1.807) is 7.11 Å². The first kappa shape index (κ1) is 22.4. The van der Waals surface area contributed by atoms with Crippen LogP contribution in [0.2, 0.25) is 5.02 Å². The minimum atomic E-state index is -0.621. The number of hydrogen-bond donors (Lipinski definition) is 1. The van der Waals surface area contributed by atoms with Crippen molar-refractivity contribution in [2.75, 3.05) is 25.5 Å². The quantitative estimate of drug-likeness (QED) is 0.646. The third-order valence-corrected chi connectivity index (χ3v) is 6.24. The van der Waals surface area contributed by atoms with Crippen molar-refractivity contribution in [3.05, 3.63) is 52.8 Å². The number of nitrogens with zero attached hydrogens (tertiary/aromatic N) is 1. The summed E-state index contributed by atoms with van der Waals surface area (Å²) >= 11 is 5.74. The van der Waals surface area contributed by atoms with Crippen LogP contribution in [-0.4, -0.2) is 43.0 Å². The Morgan fingerprint density at radius 1 is 1.19 bits per heavy atom. The molecule has 170 valence electrons. The maximum atomic E-state index is 13.9. The van der Waals surface area contributed by atoms with E-state index in [1.807, 2.05) is 18.2 Å². The second kappa shape index (κ2) is 9.77. The normalized spacial score (nSPS) is 18.8. The number of carbonyl (C=O) groups is 2. The fourth-order valence-corrected chi connectivity index (χ4v) is 4.49. The molecule has 0 radical (unpaired) electrons. The largest absolute Gasteiger partial charge is 0.493 e. The average molecular weight is 461 g/mol. The van der Waals surface area contributed by atoms with Gasteiger partial charge in [-0.05, 0) is 61.6 Å². The average Bonchev–Trinajstić information content (AvgIpc) is 3.40. The lowest BCUT2D eigenvalue weighted by molar-refractivity contribution is -0.131. The number of benzene rings is 2. The minimum Gasteiger partial charge on any atom is -0.493 e. The first-order valence-corrected chi connectivity index (χ1v) is 11.2. The molecule has 1 N–H and O–H groups in total. The van der Waals surface area contributed by atoms with E-state index in [2.05, 4.69) is 5.32 Å². The second-order valence-corrected chi connectivity index (χ2v) is 8.72. The highest BCUT2D eigenvalue weighted by Gasteiger charge is 2.32. The van der Waals surface area contributed by atoms with Crippen LogP contribution >= 0.6 is 11.6 Å². The van der Waals surface area contributed by atoms with Gasteiger partial charge in [0.1, 0.15) is 5.82 Å². The summed E-state index contributed by atoms with van der Waals surface area (Å²) in [4.78, 5) is 26.4. The third-order valence-electron chi connectivity index (χ3n) is 6.01. The van der Waals surface area contributed by atoms with Crippen molar-refractivity contribution in [1.29, 1.82) is 0 Å². The van der Waals surface area contributed by atoms with Crippen LogP contribution in [0, 0.1) is 5.82 Å². The van der Waals surface area contributed by atoms with Crippen LogP contribution in [0.1, 0.15) is 43.6 Å². The Labute approximate surface area is 191 Å². The highest BCUT2D eigenvalue weighted by molar-refractivity contribution is 6.30. The molecule has 1 unspecified atom stereocenters. The van der Waals surface area contributed by atoms with Crippen molar-refractivity contribution in [3.8, 4) is 11.5 Å². The Morgan fingerprint density at radius 2 is 1.97 bits per heavy atom. The Bertz CT molecular complexity index is 1010. The van der Waals surface area contributed by atoms with E-state index >= 15 is 0 Å². The summed E-state index contributed by atoms with van der Waals surface area (Å²) in [6, 6.07) is 9.76. The number of methoxy groups -OCH3 is 1. The summed E-state index contributed by atoms with van der Waals surface area (Å²) in [5, 5.41) is 2.75. The van der Waals surface area contributed by atoms with E-state index in [-0.39, 0.29) is 35.2 Å². The van der Waals surface area contributed by atoms with Crippen molar-refractivity contribution in [1.82, 2.24) is 4.90 Å². The van der Waals surface area contributed by atoms with Crippen molar-refractivity contribution in [2.45, 2.75) is 44.1 Å². The van der Waals surface area contributed by atoms with Crippen molar-refractivity contribution >= 4 is 29.1 Å². The molecule has 1 heterocycles. The molecular formula is C24H26ClFN2O4. The van der Waals surface area contributed by atoms with Gasteiger partial charge in [-0.25, -0.2) is 4.39 Å². The zero-order valence-corrected chi connectivity index (χ0v) is 18.7. The molecule has 2 aromatic carbocycles. The van der Waals surface area contributed by atoms with E-state index < -0.39 is 11.7 Å². The van der Waals surface area contributed by atoms with Crippen molar-refractivity contribution in [3.63, 3.8) is 0 Å². The van der Waals surface area contributed by atoms with Gasteiger partial charge in [0, 0.05) is 23.9 Å². The molecule has 1 atom stereocenters. The second-order valence-electron chi connectivity index (χ2n) is 8.28. The van der Waals surface area contributed by atoms with Crippen LogP contribution < -0.4 is 14.8 Å². The minimum absolute atomic E-state index is 0.0338. The zero-order chi connectivity index (χ0) is 22.7. The van der Waals surface area contributed by atoms with Crippen molar-refractivity contribution < 1.29 is 23.5 Å². The van der Waals surface area contributed by atoms with E-state index in [4.69, 9.17) is 21.1 Å². The number of carbonyl (C=O) groups excluding carboxylic acids is 2. The number of ether oxygens (including phenoxy) is 2. The van der Waals surface area contributed by atoms with Gasteiger partial charge in [0.05, 0.1) is 25.4 Å². The van der Waals surface area contributed by atoms with Crippen LogP contribution in [0.5, 0.6) is 11.5 Å². The summed E-state index contributed by atoms with van der Waals surface area (Å²) in [5.74, 6) is 0.116. The van der Waals surface area contributed by atoms with E-state index in [0.717, 1.165) is 24.5 Å². The smallest absolute Gasteiger partial charge is 0.244 e. The van der Waals surface area contributed by atoms with Gasteiger partial charge >= 0.3 is 0 Å². The third kappa shape index (κ3) is 5.15. The molecule has 0 aromatic heterocycles. The van der Waals surface area contributed by atoms with E-state index in [0.29, 0.717) is 24.5 Å². The molecule has 8 heteroatoms. The van der Waals surface area contributed by atoms with Crippen molar-refractivity contribution in [2.24, 2.45) is 0 Å². The molecule has 6 nitrogen and oxygen atoms in total. The monoisotopic (exact) mass is 460 g/mol. The predicted octanol–water partition coefficient (Wildman–Crippen LogP) is 4.76. The summed E-state index contributed by atoms with van der Waals surface area (Å²) in [6.45, 7) is 0.267. The van der Waals surface area contributed by atoms with Gasteiger partial charge < -0.3 is 19.7 Å². The fraction of sp³-hybridized carbons (Fsp3) is 0.417. The highest BCUT2D eigenvalue weighted by atomic mass is 35.5. The molecule has 32 heavy (non-hydrogen) atoms. The van der Waals surface area contributed by atoms with Crippen LogP contribution in [0.25, 0.3) is 0 Å². The predicted molar refractivity (Wildman–Crippen MR) is 120 cm³/mol. The maximum absolute atomic E-state index is 13.9. The molecule has 1 saturated carbocycles. The summed E-state index contributed by atoms with van der Waals surface area (Å²) in [7, 11) is 1.61. The Balaban J connectivity index is 1.41. The zero-order valence-electron chi connectivity index (χ0n) is 17.9. The van der Waals surface area contributed by atoms with Crippen LogP contribution in [-0.2, 0) is 9.59 Å². The Hall–Kier alpha value is -2.80. The van der Waals surface area contributed by atoms with E-state index in [9.17, 15) is 14.0 Å². The van der Waals surface area contributed by atoms with Gasteiger partial charge in [0.2, 0.25) is 11.8 Å². The molecule has 1 aliphatic carbocycles. The first-order chi connectivity index (χ1) is 15.4. The molecule has 0 spiro atoms. The number of amides is 2. The lowest BCUT2D eigenvalue weighted by Crippen LogP contribution is -2.34. The van der Waals surface area contributed by atoms with Gasteiger partial charge in [-0.3, -0.25) is 9.59 Å². The number of nitrogens with one attached hydrogen (secondary N) is 1. The Kier molecular flexibility index (Phi) is 6.84.